The quantitative estimate of drug-likeness (QED) is 0.663. The van der Waals surface area contributed by atoms with Crippen molar-refractivity contribution in [2.75, 3.05) is 13.2 Å². The second kappa shape index (κ2) is 6.34. The van der Waals surface area contributed by atoms with Gasteiger partial charge in [-0.05, 0) is 37.5 Å². The molecule has 2 heterocycles. The molecule has 2 aliphatic rings. The molecule has 5 heteroatoms. The molecular weight excluding hydrogens is 370 g/mol. The highest BCUT2D eigenvalue weighted by Crippen LogP contribution is 2.44. The number of benzene rings is 1. The standard InChI is InChI=1S/C19H26BrNO3/c1-13(2)19(11-18(4)12-23-18)9-10-21(17(22)24-19)14(3)15-5-7-16(20)8-6-15/h5-8,13-14H,9-12H2,1-4H3/t14-,18?,19?/m0/s1. The number of hydrogen-bond donors (Lipinski definition) is 0. The van der Waals surface area contributed by atoms with E-state index in [4.69, 9.17) is 9.47 Å². The number of halogens is 1. The van der Waals surface area contributed by atoms with Crippen molar-refractivity contribution in [1.29, 1.82) is 0 Å². The highest BCUT2D eigenvalue weighted by Gasteiger charge is 2.53. The Morgan fingerprint density at radius 3 is 2.38 bits per heavy atom. The molecular formula is C19H26BrNO3. The number of cyclic esters (lactones) is 1. The molecule has 2 saturated heterocycles. The Kier molecular flexibility index (Phi) is 4.69. The molecule has 0 N–H and O–H groups in total. The molecule has 3 atom stereocenters. The largest absolute Gasteiger partial charge is 0.442 e. The number of nitrogens with zero attached hydrogens (tertiary/aromatic N) is 1. The predicted octanol–water partition coefficient (Wildman–Crippen LogP) is 4.93. The van der Waals surface area contributed by atoms with Crippen LogP contribution in [0.2, 0.25) is 0 Å². The zero-order valence-corrected chi connectivity index (χ0v) is 16.4. The minimum atomic E-state index is -0.418. The van der Waals surface area contributed by atoms with Crippen LogP contribution < -0.4 is 0 Å². The van der Waals surface area contributed by atoms with Crippen LogP contribution in [0.5, 0.6) is 0 Å². The lowest BCUT2D eigenvalue weighted by Gasteiger charge is -2.46. The van der Waals surface area contributed by atoms with Crippen LogP contribution in [0.3, 0.4) is 0 Å². The van der Waals surface area contributed by atoms with E-state index in [0.717, 1.165) is 29.5 Å². The number of ether oxygens (including phenoxy) is 2. The zero-order chi connectivity index (χ0) is 17.5. The molecule has 1 amide bonds. The summed E-state index contributed by atoms with van der Waals surface area (Å²) in [5.74, 6) is 0.271. The molecule has 2 aliphatic heterocycles. The van der Waals surface area contributed by atoms with Gasteiger partial charge in [-0.2, -0.15) is 0 Å². The monoisotopic (exact) mass is 395 g/mol. The summed E-state index contributed by atoms with van der Waals surface area (Å²) in [7, 11) is 0. The maximum atomic E-state index is 12.8. The molecule has 2 unspecified atom stereocenters. The first-order valence-electron chi connectivity index (χ1n) is 8.64. The topological polar surface area (TPSA) is 42.1 Å². The van der Waals surface area contributed by atoms with Crippen molar-refractivity contribution in [2.24, 2.45) is 5.92 Å². The van der Waals surface area contributed by atoms with Crippen LogP contribution in [0.1, 0.15) is 52.1 Å². The Morgan fingerprint density at radius 2 is 1.88 bits per heavy atom. The van der Waals surface area contributed by atoms with Crippen LogP contribution in [-0.2, 0) is 9.47 Å². The van der Waals surface area contributed by atoms with Crippen molar-refractivity contribution in [1.82, 2.24) is 4.90 Å². The second-order valence-electron chi connectivity index (χ2n) is 7.67. The Morgan fingerprint density at radius 1 is 1.25 bits per heavy atom. The van der Waals surface area contributed by atoms with Crippen LogP contribution >= 0.6 is 15.9 Å². The maximum Gasteiger partial charge on any atom is 0.410 e. The fourth-order valence-electron chi connectivity index (χ4n) is 3.55. The van der Waals surface area contributed by atoms with E-state index in [1.807, 2.05) is 29.2 Å². The number of hydrogen-bond acceptors (Lipinski definition) is 3. The Labute approximate surface area is 152 Å². The van der Waals surface area contributed by atoms with Gasteiger partial charge in [-0.3, -0.25) is 0 Å². The summed E-state index contributed by atoms with van der Waals surface area (Å²) in [4.78, 5) is 14.6. The van der Waals surface area contributed by atoms with Crippen molar-refractivity contribution in [3.05, 3.63) is 34.3 Å². The molecule has 0 bridgehead atoms. The minimum absolute atomic E-state index is 0.00326. The van der Waals surface area contributed by atoms with Crippen molar-refractivity contribution < 1.29 is 14.3 Å². The molecule has 0 aromatic heterocycles. The summed E-state index contributed by atoms with van der Waals surface area (Å²) < 4.78 is 12.6. The number of carbonyl (C=O) groups is 1. The van der Waals surface area contributed by atoms with E-state index >= 15 is 0 Å². The van der Waals surface area contributed by atoms with Crippen molar-refractivity contribution in [3.8, 4) is 0 Å². The van der Waals surface area contributed by atoms with Gasteiger partial charge in [-0.15, -0.1) is 0 Å². The SMILES string of the molecule is CC(C)C1(CC2(C)CO2)CCN([C@@H](C)c2ccc(Br)cc2)C(=O)O1. The van der Waals surface area contributed by atoms with Crippen molar-refractivity contribution >= 4 is 22.0 Å². The Balaban J connectivity index is 1.74. The summed E-state index contributed by atoms with van der Waals surface area (Å²) in [6.45, 7) is 9.89. The Bertz CT molecular complexity index is 612. The van der Waals surface area contributed by atoms with E-state index in [-0.39, 0.29) is 23.7 Å². The van der Waals surface area contributed by atoms with Crippen molar-refractivity contribution in [2.45, 2.75) is 57.8 Å². The summed E-state index contributed by atoms with van der Waals surface area (Å²) in [5, 5.41) is 0. The van der Waals surface area contributed by atoms with Crippen LogP contribution in [0.4, 0.5) is 4.79 Å². The molecule has 0 aliphatic carbocycles. The fourth-order valence-corrected chi connectivity index (χ4v) is 3.82. The smallest absolute Gasteiger partial charge is 0.410 e. The van der Waals surface area contributed by atoms with E-state index < -0.39 is 5.60 Å². The highest BCUT2D eigenvalue weighted by atomic mass is 79.9. The van der Waals surface area contributed by atoms with Crippen LogP contribution in [-0.4, -0.2) is 35.3 Å². The lowest BCUT2D eigenvalue weighted by atomic mass is 9.78. The van der Waals surface area contributed by atoms with Crippen LogP contribution in [0.25, 0.3) is 0 Å². The molecule has 0 spiro atoms. The normalized spacial score (nSPS) is 31.1. The molecule has 1 aromatic carbocycles. The average Bonchev–Trinajstić information content (AvgIpc) is 3.24. The first kappa shape index (κ1) is 17.7. The third-order valence-corrected chi connectivity index (χ3v) is 6.01. The lowest BCUT2D eigenvalue weighted by molar-refractivity contribution is -0.0961. The Hall–Kier alpha value is -1.07. The second-order valence-corrected chi connectivity index (χ2v) is 8.59. The van der Waals surface area contributed by atoms with Gasteiger partial charge in [0, 0.05) is 23.9 Å². The molecule has 0 radical (unpaired) electrons. The fraction of sp³-hybridized carbons (Fsp3) is 0.632. The van der Waals surface area contributed by atoms with Gasteiger partial charge in [0.1, 0.15) is 5.60 Å². The van der Waals surface area contributed by atoms with E-state index in [0.29, 0.717) is 6.54 Å². The zero-order valence-electron chi connectivity index (χ0n) is 14.8. The van der Waals surface area contributed by atoms with Gasteiger partial charge in [-0.25, -0.2) is 4.79 Å². The number of epoxide rings is 1. The van der Waals surface area contributed by atoms with Gasteiger partial charge >= 0.3 is 6.09 Å². The summed E-state index contributed by atoms with van der Waals surface area (Å²) in [6, 6.07) is 8.11. The predicted molar refractivity (Wildman–Crippen MR) is 96.9 cm³/mol. The molecule has 4 nitrogen and oxygen atoms in total. The van der Waals surface area contributed by atoms with Crippen molar-refractivity contribution in [3.63, 3.8) is 0 Å². The van der Waals surface area contributed by atoms with Crippen LogP contribution in [0, 0.1) is 5.92 Å². The first-order chi connectivity index (χ1) is 11.2. The van der Waals surface area contributed by atoms with Gasteiger partial charge in [0.25, 0.3) is 0 Å². The third-order valence-electron chi connectivity index (χ3n) is 5.48. The van der Waals surface area contributed by atoms with Crippen LogP contribution in [0.15, 0.2) is 28.7 Å². The van der Waals surface area contributed by atoms with E-state index in [1.54, 1.807) is 0 Å². The van der Waals surface area contributed by atoms with Gasteiger partial charge in [0.15, 0.2) is 0 Å². The molecule has 132 valence electrons. The minimum Gasteiger partial charge on any atom is -0.442 e. The molecule has 1 aromatic rings. The van der Waals surface area contributed by atoms with Gasteiger partial charge in [-0.1, -0.05) is 41.9 Å². The molecule has 2 fully saturated rings. The molecule has 0 saturated carbocycles. The highest BCUT2D eigenvalue weighted by molar-refractivity contribution is 9.10. The lowest BCUT2D eigenvalue weighted by Crippen LogP contribution is -2.54. The number of carbonyl (C=O) groups excluding carboxylic acids is 1. The molecule has 3 rings (SSSR count). The first-order valence-corrected chi connectivity index (χ1v) is 9.43. The summed E-state index contributed by atoms with van der Waals surface area (Å²) in [5.41, 5.74) is 0.576. The average molecular weight is 396 g/mol. The van der Waals surface area contributed by atoms with E-state index in [1.165, 1.54) is 0 Å². The summed E-state index contributed by atoms with van der Waals surface area (Å²) in [6.07, 6.45) is 1.41. The summed E-state index contributed by atoms with van der Waals surface area (Å²) >= 11 is 3.45. The van der Waals surface area contributed by atoms with E-state index in [9.17, 15) is 4.79 Å². The number of amides is 1. The van der Waals surface area contributed by atoms with Gasteiger partial charge in [0.2, 0.25) is 0 Å². The van der Waals surface area contributed by atoms with Gasteiger partial charge < -0.3 is 14.4 Å². The van der Waals surface area contributed by atoms with Gasteiger partial charge in [0.05, 0.1) is 18.2 Å². The van der Waals surface area contributed by atoms with E-state index in [2.05, 4.69) is 43.6 Å². The molecule has 24 heavy (non-hydrogen) atoms. The maximum absolute atomic E-state index is 12.8. The number of rotatable bonds is 5. The third kappa shape index (κ3) is 3.47.